The lowest BCUT2D eigenvalue weighted by atomic mass is 10.00. The van der Waals surface area contributed by atoms with Gasteiger partial charge < -0.3 is 4.90 Å². The predicted molar refractivity (Wildman–Crippen MR) is 113 cm³/mol. The van der Waals surface area contributed by atoms with E-state index < -0.39 is 0 Å². The second-order valence-electron chi connectivity index (χ2n) is 7.02. The monoisotopic (exact) mass is 400 g/mol. The Bertz CT molecular complexity index is 1030. The first-order valence-electron chi connectivity index (χ1n) is 8.93. The number of carbonyl (C=O) groups is 1. The number of nitrogens with zero attached hydrogens (tertiary/aromatic N) is 4. The molecule has 4 heterocycles. The standard InChI is InChI=1S/C19H20N4O2S2/c1-12-6-5-8-22(11-12)16-13(10-14-18(25)21(2)19(26)27-14)17(24)23-9-4-3-7-15(23)20-16/h3-4,7,9-10,12H,5-6,8,11H2,1-2H3/b14-10-/t12-/m0/s1. The van der Waals surface area contributed by atoms with E-state index in [1.165, 1.54) is 27.5 Å². The molecular formula is C19H20N4O2S2. The quantitative estimate of drug-likeness (QED) is 0.571. The van der Waals surface area contributed by atoms with E-state index >= 15 is 0 Å². The van der Waals surface area contributed by atoms with Gasteiger partial charge in [0.05, 0.1) is 10.5 Å². The zero-order chi connectivity index (χ0) is 19.1. The van der Waals surface area contributed by atoms with Crippen LogP contribution in [0.4, 0.5) is 5.82 Å². The maximum Gasteiger partial charge on any atom is 0.267 e. The molecule has 1 atom stereocenters. The molecule has 0 bridgehead atoms. The maximum absolute atomic E-state index is 13.2. The van der Waals surface area contributed by atoms with E-state index in [1.54, 1.807) is 25.4 Å². The van der Waals surface area contributed by atoms with Crippen LogP contribution >= 0.6 is 24.0 Å². The highest BCUT2D eigenvalue weighted by atomic mass is 32.2. The lowest BCUT2D eigenvalue weighted by molar-refractivity contribution is -0.121. The van der Waals surface area contributed by atoms with Crippen molar-refractivity contribution in [2.24, 2.45) is 5.92 Å². The molecule has 0 aliphatic carbocycles. The van der Waals surface area contributed by atoms with Gasteiger partial charge in [0, 0.05) is 26.3 Å². The van der Waals surface area contributed by atoms with Crippen molar-refractivity contribution in [2.75, 3.05) is 25.0 Å². The first-order valence-corrected chi connectivity index (χ1v) is 10.2. The number of thioether (sulfide) groups is 1. The molecule has 2 aliphatic rings. The van der Waals surface area contributed by atoms with Crippen molar-refractivity contribution < 1.29 is 4.79 Å². The summed E-state index contributed by atoms with van der Waals surface area (Å²) in [7, 11) is 1.65. The van der Waals surface area contributed by atoms with Gasteiger partial charge in [-0.25, -0.2) is 4.98 Å². The zero-order valence-electron chi connectivity index (χ0n) is 15.2. The van der Waals surface area contributed by atoms with Crippen LogP contribution < -0.4 is 10.5 Å². The van der Waals surface area contributed by atoms with Gasteiger partial charge in [-0.15, -0.1) is 0 Å². The average molecular weight is 401 g/mol. The number of piperidine rings is 1. The molecule has 2 aliphatic heterocycles. The first-order chi connectivity index (χ1) is 13.0. The van der Waals surface area contributed by atoms with Crippen LogP contribution in [0.25, 0.3) is 11.7 Å². The van der Waals surface area contributed by atoms with Gasteiger partial charge in [0.25, 0.3) is 11.5 Å². The second kappa shape index (κ2) is 7.09. The van der Waals surface area contributed by atoms with E-state index in [4.69, 9.17) is 17.2 Å². The van der Waals surface area contributed by atoms with Gasteiger partial charge in [-0.2, -0.15) is 0 Å². The fraction of sp³-hybridized carbons (Fsp3) is 0.368. The van der Waals surface area contributed by atoms with Crippen molar-refractivity contribution in [1.82, 2.24) is 14.3 Å². The Balaban J connectivity index is 1.91. The van der Waals surface area contributed by atoms with Gasteiger partial charge >= 0.3 is 0 Å². The molecule has 0 N–H and O–H groups in total. The van der Waals surface area contributed by atoms with Gasteiger partial charge in [-0.1, -0.05) is 37.0 Å². The summed E-state index contributed by atoms with van der Waals surface area (Å²) in [5, 5.41) is 0. The normalized spacial score (nSPS) is 22.3. The van der Waals surface area contributed by atoms with E-state index in [2.05, 4.69) is 11.8 Å². The van der Waals surface area contributed by atoms with Crippen molar-refractivity contribution in [3.05, 3.63) is 45.2 Å². The zero-order valence-corrected chi connectivity index (χ0v) is 16.8. The number of anilines is 1. The number of amides is 1. The fourth-order valence-electron chi connectivity index (χ4n) is 3.52. The number of rotatable bonds is 2. The molecule has 0 radical (unpaired) electrons. The molecule has 4 rings (SSSR count). The lowest BCUT2D eigenvalue weighted by Crippen LogP contribution is -2.37. The second-order valence-corrected chi connectivity index (χ2v) is 8.69. The molecule has 140 valence electrons. The molecule has 2 saturated heterocycles. The highest BCUT2D eigenvalue weighted by molar-refractivity contribution is 8.26. The minimum Gasteiger partial charge on any atom is -0.356 e. The Morgan fingerprint density at radius 3 is 2.85 bits per heavy atom. The Hall–Kier alpha value is -2.19. The highest BCUT2D eigenvalue weighted by Gasteiger charge is 2.30. The molecule has 8 heteroatoms. The Kier molecular flexibility index (Phi) is 4.77. The Labute approximate surface area is 166 Å². The van der Waals surface area contributed by atoms with Crippen LogP contribution in [0.5, 0.6) is 0 Å². The summed E-state index contributed by atoms with van der Waals surface area (Å²) in [4.78, 5) is 34.5. The number of hydrogen-bond acceptors (Lipinski definition) is 6. The van der Waals surface area contributed by atoms with Crippen molar-refractivity contribution in [2.45, 2.75) is 19.8 Å². The molecule has 0 saturated carbocycles. The molecule has 0 aromatic carbocycles. The SMILES string of the molecule is C[C@H]1CCCN(c2nc3ccccn3c(=O)c2/C=C2\SC(=S)N(C)C2=O)C1. The van der Waals surface area contributed by atoms with E-state index in [1.807, 2.05) is 12.1 Å². The molecule has 0 unspecified atom stereocenters. The van der Waals surface area contributed by atoms with Crippen LogP contribution in [0.1, 0.15) is 25.3 Å². The summed E-state index contributed by atoms with van der Waals surface area (Å²) < 4.78 is 2.02. The van der Waals surface area contributed by atoms with E-state index in [9.17, 15) is 9.59 Å². The number of carbonyl (C=O) groups excluding carboxylic acids is 1. The van der Waals surface area contributed by atoms with Crippen LogP contribution in [-0.4, -0.2) is 44.6 Å². The predicted octanol–water partition coefficient (Wildman–Crippen LogP) is 2.76. The summed E-state index contributed by atoms with van der Waals surface area (Å²) in [5.74, 6) is 1.01. The summed E-state index contributed by atoms with van der Waals surface area (Å²) in [5.41, 5.74) is 0.882. The van der Waals surface area contributed by atoms with Crippen LogP contribution in [0, 0.1) is 5.92 Å². The summed E-state index contributed by atoms with van der Waals surface area (Å²) in [6.07, 6.45) is 5.60. The molecule has 27 heavy (non-hydrogen) atoms. The molecule has 1 amide bonds. The summed E-state index contributed by atoms with van der Waals surface area (Å²) in [6.45, 7) is 3.92. The van der Waals surface area contributed by atoms with Gasteiger partial charge in [-0.05, 0) is 37.0 Å². The average Bonchev–Trinajstić information content (AvgIpc) is 2.90. The van der Waals surface area contributed by atoms with Crippen molar-refractivity contribution in [1.29, 1.82) is 0 Å². The minimum absolute atomic E-state index is 0.171. The summed E-state index contributed by atoms with van der Waals surface area (Å²) >= 11 is 6.43. The van der Waals surface area contributed by atoms with Crippen LogP contribution in [0.2, 0.25) is 0 Å². The van der Waals surface area contributed by atoms with Crippen molar-refractivity contribution >= 4 is 51.7 Å². The first kappa shape index (κ1) is 18.2. The number of aromatic nitrogens is 2. The minimum atomic E-state index is -0.180. The molecule has 2 aromatic heterocycles. The molecule has 2 aromatic rings. The molecular weight excluding hydrogens is 380 g/mol. The third-order valence-corrected chi connectivity index (χ3v) is 6.45. The largest absolute Gasteiger partial charge is 0.356 e. The number of hydrogen-bond donors (Lipinski definition) is 0. The number of likely N-dealkylation sites (N-methyl/N-ethyl adjacent to an activating group) is 1. The van der Waals surface area contributed by atoms with Gasteiger partial charge in [0.1, 0.15) is 15.8 Å². The van der Waals surface area contributed by atoms with Crippen LogP contribution in [-0.2, 0) is 4.79 Å². The van der Waals surface area contributed by atoms with Crippen molar-refractivity contribution in [3.8, 4) is 0 Å². The van der Waals surface area contributed by atoms with E-state index in [0.717, 1.165) is 19.5 Å². The van der Waals surface area contributed by atoms with Gasteiger partial charge in [0.2, 0.25) is 0 Å². The topological polar surface area (TPSA) is 57.9 Å². The lowest BCUT2D eigenvalue weighted by Gasteiger charge is -2.32. The fourth-order valence-corrected chi connectivity index (χ4v) is 4.68. The molecule has 6 nitrogen and oxygen atoms in total. The van der Waals surface area contributed by atoms with Crippen LogP contribution in [0.15, 0.2) is 34.1 Å². The number of pyridine rings is 1. The number of thiocarbonyl (C=S) groups is 1. The summed E-state index contributed by atoms with van der Waals surface area (Å²) in [6, 6.07) is 5.49. The van der Waals surface area contributed by atoms with Gasteiger partial charge in [0.15, 0.2) is 0 Å². The Morgan fingerprint density at radius 2 is 2.15 bits per heavy atom. The van der Waals surface area contributed by atoms with E-state index in [0.29, 0.717) is 32.2 Å². The molecule has 2 fully saturated rings. The third-order valence-electron chi connectivity index (χ3n) is 4.97. The van der Waals surface area contributed by atoms with Crippen molar-refractivity contribution in [3.63, 3.8) is 0 Å². The molecule has 0 spiro atoms. The van der Waals surface area contributed by atoms with E-state index in [-0.39, 0.29) is 11.5 Å². The van der Waals surface area contributed by atoms with Gasteiger partial charge in [-0.3, -0.25) is 18.9 Å². The smallest absolute Gasteiger partial charge is 0.267 e. The number of fused-ring (bicyclic) bond motifs is 1. The van der Waals surface area contributed by atoms with Crippen LogP contribution in [0.3, 0.4) is 0 Å². The highest BCUT2D eigenvalue weighted by Crippen LogP contribution is 2.33. The third kappa shape index (κ3) is 3.27. The Morgan fingerprint density at radius 1 is 1.33 bits per heavy atom. The maximum atomic E-state index is 13.2.